The van der Waals surface area contributed by atoms with Crippen LogP contribution in [-0.4, -0.2) is 10.4 Å². The smallest absolute Gasteiger partial charge is 0.123 e. The van der Waals surface area contributed by atoms with E-state index in [1.165, 1.54) is 5.56 Å². The van der Waals surface area contributed by atoms with E-state index in [4.69, 9.17) is 10.4 Å². The Bertz CT molecular complexity index is 723. The number of phenols is 1. The van der Waals surface area contributed by atoms with Gasteiger partial charge in [-0.25, -0.2) is 4.89 Å². The van der Waals surface area contributed by atoms with Gasteiger partial charge in [0.1, 0.15) is 11.4 Å². The molecule has 0 spiro atoms. The van der Waals surface area contributed by atoms with Crippen LogP contribution in [0.4, 0.5) is 0 Å². The highest BCUT2D eigenvalue weighted by atomic mass is 17.1. The first-order valence-corrected chi connectivity index (χ1v) is 9.04. The molecule has 0 aromatic heterocycles. The Hall–Kier alpha value is -2.62. The lowest BCUT2D eigenvalue weighted by Crippen LogP contribution is -2.19. The first-order valence-electron chi connectivity index (χ1n) is 9.04. The molecule has 0 amide bonds. The number of para-hydroxylation sites is 1. The Kier molecular flexibility index (Phi) is 9.88. The summed E-state index contributed by atoms with van der Waals surface area (Å²) >= 11 is 0. The Morgan fingerprint density at radius 1 is 0.704 bits per heavy atom. The molecule has 0 aliphatic carbocycles. The molecule has 0 aliphatic rings. The molecule has 0 saturated heterocycles. The number of rotatable bonds is 3. The Labute approximate surface area is 162 Å². The molecule has 2 N–H and O–H groups in total. The number of phenolic OH excluding ortho intramolecular Hbond substituents is 1. The van der Waals surface area contributed by atoms with Crippen LogP contribution in [0, 0.1) is 0 Å². The van der Waals surface area contributed by atoms with Crippen LogP contribution >= 0.6 is 0 Å². The van der Waals surface area contributed by atoms with Gasteiger partial charge in [-0.05, 0) is 43.0 Å². The monoisotopic (exact) mass is 366 g/mol. The third-order valence-electron chi connectivity index (χ3n) is 3.92. The minimum absolute atomic E-state index is 0.322. The van der Waals surface area contributed by atoms with Crippen LogP contribution in [-0.2, 0) is 10.5 Å². The van der Waals surface area contributed by atoms with Crippen molar-refractivity contribution in [1.29, 1.82) is 0 Å². The average molecular weight is 367 g/mol. The SMILES string of the molecule is CC(C)(OO)c1ccccc1.CC(C)c1ccccc1.Oc1ccccc1. The largest absolute Gasteiger partial charge is 0.508 e. The van der Waals surface area contributed by atoms with E-state index in [1.54, 1.807) is 24.3 Å². The van der Waals surface area contributed by atoms with Gasteiger partial charge in [0.25, 0.3) is 0 Å². The fraction of sp³-hybridized carbons (Fsp3) is 0.250. The summed E-state index contributed by atoms with van der Waals surface area (Å²) in [4.78, 5) is 4.32. The zero-order chi connectivity index (χ0) is 20.1. The molecule has 3 nitrogen and oxygen atoms in total. The molecule has 0 atom stereocenters. The third-order valence-corrected chi connectivity index (χ3v) is 3.92. The van der Waals surface area contributed by atoms with E-state index in [0.29, 0.717) is 11.7 Å². The van der Waals surface area contributed by atoms with E-state index in [2.05, 4.69) is 43.0 Å². The van der Waals surface area contributed by atoms with Gasteiger partial charge in [-0.3, -0.25) is 5.26 Å². The Morgan fingerprint density at radius 3 is 1.41 bits per heavy atom. The van der Waals surface area contributed by atoms with Crippen molar-refractivity contribution in [3.05, 3.63) is 102 Å². The fourth-order valence-electron chi connectivity index (χ4n) is 2.16. The van der Waals surface area contributed by atoms with Gasteiger partial charge in [0, 0.05) is 0 Å². The van der Waals surface area contributed by atoms with Gasteiger partial charge >= 0.3 is 0 Å². The minimum Gasteiger partial charge on any atom is -0.508 e. The summed E-state index contributed by atoms with van der Waals surface area (Å²) in [5.41, 5.74) is 1.77. The van der Waals surface area contributed by atoms with E-state index in [9.17, 15) is 0 Å². The summed E-state index contributed by atoms with van der Waals surface area (Å²) in [7, 11) is 0. The lowest BCUT2D eigenvalue weighted by molar-refractivity contribution is -0.318. The van der Waals surface area contributed by atoms with Gasteiger partial charge in [-0.2, -0.15) is 0 Å². The molecule has 3 aromatic carbocycles. The standard InChI is InChI=1S/C9H12O2.C9H12.C6H6O/c1-9(2,11-10)8-6-4-3-5-7-8;1-8(2)9-6-4-3-5-7-9;7-6-4-2-1-3-5-6/h3-7,10H,1-2H3;3-8H,1-2H3;1-5,7H. The van der Waals surface area contributed by atoms with Crippen LogP contribution in [0.3, 0.4) is 0 Å². The van der Waals surface area contributed by atoms with Gasteiger partial charge in [0.05, 0.1) is 0 Å². The summed E-state index contributed by atoms with van der Waals surface area (Å²) in [6, 6.07) is 28.8. The van der Waals surface area contributed by atoms with Gasteiger partial charge in [0.15, 0.2) is 0 Å². The Balaban J connectivity index is 0.000000208. The van der Waals surface area contributed by atoms with Crippen LogP contribution in [0.15, 0.2) is 91.0 Å². The molecule has 0 aliphatic heterocycles. The molecule has 0 saturated carbocycles. The molecule has 3 rings (SSSR count). The zero-order valence-electron chi connectivity index (χ0n) is 16.5. The fourth-order valence-corrected chi connectivity index (χ4v) is 2.16. The van der Waals surface area contributed by atoms with Crippen molar-refractivity contribution in [3.8, 4) is 5.75 Å². The number of hydrogen-bond donors (Lipinski definition) is 2. The van der Waals surface area contributed by atoms with Gasteiger partial charge in [-0.1, -0.05) is 92.7 Å². The average Bonchev–Trinajstić information content (AvgIpc) is 2.71. The van der Waals surface area contributed by atoms with Gasteiger partial charge in [0.2, 0.25) is 0 Å². The molecule has 27 heavy (non-hydrogen) atoms. The molecular weight excluding hydrogens is 336 g/mol. The predicted molar refractivity (Wildman–Crippen MR) is 112 cm³/mol. The van der Waals surface area contributed by atoms with Crippen molar-refractivity contribution in [2.24, 2.45) is 0 Å². The zero-order valence-corrected chi connectivity index (χ0v) is 16.5. The lowest BCUT2D eigenvalue weighted by atomic mass is 9.99. The minimum atomic E-state index is -0.610. The van der Waals surface area contributed by atoms with Crippen molar-refractivity contribution >= 4 is 0 Å². The van der Waals surface area contributed by atoms with Crippen LogP contribution in [0.2, 0.25) is 0 Å². The molecule has 3 aromatic rings. The van der Waals surface area contributed by atoms with E-state index in [-0.39, 0.29) is 0 Å². The van der Waals surface area contributed by atoms with Gasteiger partial charge in [-0.15, -0.1) is 0 Å². The van der Waals surface area contributed by atoms with Crippen molar-refractivity contribution < 1.29 is 15.3 Å². The predicted octanol–water partition coefficient (Wildman–Crippen LogP) is 6.61. The number of aromatic hydroxyl groups is 1. The summed E-state index contributed by atoms with van der Waals surface area (Å²) in [6.45, 7) is 8.02. The number of hydrogen-bond acceptors (Lipinski definition) is 3. The van der Waals surface area contributed by atoms with Crippen molar-refractivity contribution in [2.75, 3.05) is 0 Å². The van der Waals surface area contributed by atoms with Crippen LogP contribution in [0.1, 0.15) is 44.7 Å². The first kappa shape index (κ1) is 22.4. The van der Waals surface area contributed by atoms with E-state index >= 15 is 0 Å². The maximum atomic E-state index is 8.63. The molecule has 0 radical (unpaired) electrons. The summed E-state index contributed by atoms with van der Waals surface area (Å²) < 4.78 is 0. The second kappa shape index (κ2) is 11.9. The summed E-state index contributed by atoms with van der Waals surface area (Å²) in [5, 5.41) is 17.2. The highest BCUT2D eigenvalue weighted by molar-refractivity contribution is 5.20. The molecule has 3 heteroatoms. The maximum Gasteiger partial charge on any atom is 0.123 e. The highest BCUT2D eigenvalue weighted by Crippen LogP contribution is 2.22. The topological polar surface area (TPSA) is 49.7 Å². The van der Waals surface area contributed by atoms with Crippen LogP contribution < -0.4 is 0 Å². The van der Waals surface area contributed by atoms with Crippen molar-refractivity contribution in [2.45, 2.75) is 39.2 Å². The van der Waals surface area contributed by atoms with E-state index < -0.39 is 5.60 Å². The maximum absolute atomic E-state index is 8.63. The lowest BCUT2D eigenvalue weighted by Gasteiger charge is -2.20. The van der Waals surface area contributed by atoms with Crippen molar-refractivity contribution in [1.82, 2.24) is 0 Å². The molecule has 0 unspecified atom stereocenters. The second-order valence-corrected chi connectivity index (χ2v) is 6.87. The van der Waals surface area contributed by atoms with E-state index in [0.717, 1.165) is 5.56 Å². The van der Waals surface area contributed by atoms with Gasteiger partial charge < -0.3 is 5.11 Å². The highest BCUT2D eigenvalue weighted by Gasteiger charge is 2.20. The molecule has 0 fully saturated rings. The summed E-state index contributed by atoms with van der Waals surface area (Å²) in [6.07, 6.45) is 0. The van der Waals surface area contributed by atoms with Crippen molar-refractivity contribution in [3.63, 3.8) is 0 Å². The first-order chi connectivity index (χ1) is 12.9. The van der Waals surface area contributed by atoms with Crippen LogP contribution in [0.25, 0.3) is 0 Å². The molecule has 144 valence electrons. The van der Waals surface area contributed by atoms with Crippen LogP contribution in [0.5, 0.6) is 5.75 Å². The normalized spacial score (nSPS) is 10.3. The number of benzene rings is 3. The Morgan fingerprint density at radius 2 is 1.11 bits per heavy atom. The molecular formula is C24H30O3. The summed E-state index contributed by atoms with van der Waals surface area (Å²) in [5.74, 6) is 0.980. The quantitative estimate of drug-likeness (QED) is 0.405. The third kappa shape index (κ3) is 9.04. The molecule has 0 bridgehead atoms. The van der Waals surface area contributed by atoms with E-state index in [1.807, 2.05) is 56.3 Å². The second-order valence-electron chi connectivity index (χ2n) is 6.87. The molecule has 0 heterocycles.